The van der Waals surface area contributed by atoms with Crippen LogP contribution in [0.2, 0.25) is 0 Å². The summed E-state index contributed by atoms with van der Waals surface area (Å²) in [6.45, 7) is 4.00. The van der Waals surface area contributed by atoms with Crippen LogP contribution in [-0.2, 0) is 9.53 Å². The minimum atomic E-state index is -0.172. The first-order valence-corrected chi connectivity index (χ1v) is 6.91. The maximum absolute atomic E-state index is 11.9. The summed E-state index contributed by atoms with van der Waals surface area (Å²) < 4.78 is 5.32. The first-order chi connectivity index (χ1) is 9.83. The Morgan fingerprint density at radius 3 is 2.90 bits per heavy atom. The largest absolute Gasteiger partial charge is 0.378 e. The van der Waals surface area contributed by atoms with E-state index in [4.69, 9.17) is 4.74 Å². The van der Waals surface area contributed by atoms with Gasteiger partial charge in [0.15, 0.2) is 0 Å². The van der Waals surface area contributed by atoms with Gasteiger partial charge >= 0.3 is 0 Å². The zero-order valence-electron chi connectivity index (χ0n) is 11.3. The van der Waals surface area contributed by atoms with Gasteiger partial charge in [-0.1, -0.05) is 0 Å². The van der Waals surface area contributed by atoms with Gasteiger partial charge in [0, 0.05) is 19.6 Å². The number of anilines is 2. The number of ether oxygens (including phenoxy) is 1. The summed E-state index contributed by atoms with van der Waals surface area (Å²) in [7, 11) is 0. The molecule has 1 aromatic rings. The van der Waals surface area contributed by atoms with E-state index in [0.29, 0.717) is 0 Å². The minimum Gasteiger partial charge on any atom is -0.378 e. The van der Waals surface area contributed by atoms with Crippen LogP contribution >= 0.6 is 0 Å². The maximum Gasteiger partial charge on any atom is 0.242 e. The van der Waals surface area contributed by atoms with E-state index in [1.54, 1.807) is 6.20 Å². The Morgan fingerprint density at radius 2 is 2.25 bits per heavy atom. The highest BCUT2D eigenvalue weighted by atomic mass is 16.5. The summed E-state index contributed by atoms with van der Waals surface area (Å²) in [5.41, 5.74) is 6.60. The molecule has 1 aromatic heterocycles. The average Bonchev–Trinajstić information content (AvgIpc) is 3.03. The molecule has 2 aliphatic heterocycles. The lowest BCUT2D eigenvalue weighted by Gasteiger charge is -2.27. The Bertz CT molecular complexity index is 452. The molecule has 0 saturated carbocycles. The molecule has 108 valence electrons. The van der Waals surface area contributed by atoms with E-state index in [1.807, 2.05) is 12.1 Å². The Hall–Kier alpha value is -1.70. The summed E-state index contributed by atoms with van der Waals surface area (Å²) in [6, 6.07) is 3.65. The van der Waals surface area contributed by atoms with Crippen molar-refractivity contribution in [3.63, 3.8) is 0 Å². The van der Waals surface area contributed by atoms with E-state index >= 15 is 0 Å². The fraction of sp³-hybridized carbons (Fsp3) is 0.538. The van der Waals surface area contributed by atoms with Crippen LogP contribution in [0.5, 0.6) is 0 Å². The summed E-state index contributed by atoms with van der Waals surface area (Å²) in [6.07, 6.45) is 2.50. The molecule has 0 bridgehead atoms. The molecule has 0 aliphatic carbocycles. The van der Waals surface area contributed by atoms with Crippen LogP contribution in [0.1, 0.15) is 6.42 Å². The highest BCUT2D eigenvalue weighted by Gasteiger charge is 2.22. The van der Waals surface area contributed by atoms with Crippen LogP contribution in [0.3, 0.4) is 0 Å². The molecule has 3 N–H and O–H groups in total. The summed E-state index contributed by atoms with van der Waals surface area (Å²) in [4.78, 5) is 18.5. The molecular formula is C13H19N5O2. The predicted molar refractivity (Wildman–Crippen MR) is 75.4 cm³/mol. The van der Waals surface area contributed by atoms with E-state index in [1.165, 1.54) is 0 Å². The molecule has 0 spiro atoms. The molecule has 7 nitrogen and oxygen atoms in total. The topological polar surface area (TPSA) is 78.5 Å². The lowest BCUT2D eigenvalue weighted by molar-refractivity contribution is -0.117. The Balaban J connectivity index is 1.59. The normalized spacial score (nSPS) is 22.8. The number of carbonyl (C=O) groups excluding carboxylic acids is 1. The van der Waals surface area contributed by atoms with Crippen molar-refractivity contribution >= 4 is 17.4 Å². The zero-order valence-corrected chi connectivity index (χ0v) is 11.3. The summed E-state index contributed by atoms with van der Waals surface area (Å²) in [5.74, 6) is 0.892. The van der Waals surface area contributed by atoms with Crippen LogP contribution in [-0.4, -0.2) is 49.8 Å². The highest BCUT2D eigenvalue weighted by Crippen LogP contribution is 2.15. The Labute approximate surface area is 117 Å². The second kappa shape index (κ2) is 6.17. The molecule has 2 fully saturated rings. The number of hydrazine groups is 1. The van der Waals surface area contributed by atoms with Gasteiger partial charge in [0.25, 0.3) is 0 Å². The molecule has 1 amide bonds. The molecule has 2 saturated heterocycles. The smallest absolute Gasteiger partial charge is 0.242 e. The zero-order chi connectivity index (χ0) is 13.8. The number of morpholine rings is 1. The highest BCUT2D eigenvalue weighted by molar-refractivity contribution is 5.94. The number of nitrogens with one attached hydrogen (secondary N) is 3. The van der Waals surface area contributed by atoms with E-state index in [-0.39, 0.29) is 11.9 Å². The molecule has 0 radical (unpaired) electrons. The van der Waals surface area contributed by atoms with Gasteiger partial charge in [0.1, 0.15) is 11.9 Å². The number of rotatable bonds is 3. The van der Waals surface area contributed by atoms with E-state index < -0.39 is 0 Å². The fourth-order valence-electron chi connectivity index (χ4n) is 2.35. The lowest BCUT2D eigenvalue weighted by atomic mass is 10.2. The predicted octanol–water partition coefficient (Wildman–Crippen LogP) is -0.277. The molecule has 1 unspecified atom stereocenters. The molecule has 2 aliphatic rings. The molecule has 20 heavy (non-hydrogen) atoms. The van der Waals surface area contributed by atoms with Gasteiger partial charge in [-0.3, -0.25) is 10.2 Å². The van der Waals surface area contributed by atoms with Gasteiger partial charge in [0.2, 0.25) is 5.91 Å². The fourth-order valence-corrected chi connectivity index (χ4v) is 2.35. The second-order valence-corrected chi connectivity index (χ2v) is 4.91. The van der Waals surface area contributed by atoms with Gasteiger partial charge in [-0.2, -0.15) is 0 Å². The van der Waals surface area contributed by atoms with Crippen LogP contribution in [0.15, 0.2) is 18.3 Å². The SMILES string of the molecule is O=C(Nc1ccc(N2CCOCC2)nc1)C1CCNN1. The van der Waals surface area contributed by atoms with Gasteiger partial charge in [0.05, 0.1) is 25.1 Å². The second-order valence-electron chi connectivity index (χ2n) is 4.91. The molecule has 1 atom stereocenters. The Kier molecular flexibility index (Phi) is 4.10. The number of hydrogen-bond donors (Lipinski definition) is 3. The maximum atomic E-state index is 11.9. The standard InChI is InChI=1S/C13H19N5O2/c19-13(11-3-4-15-17-11)16-10-1-2-12(14-9-10)18-5-7-20-8-6-18/h1-2,9,11,15,17H,3-8H2,(H,16,19). The number of pyridine rings is 1. The van der Waals surface area contributed by atoms with Crippen LogP contribution in [0, 0.1) is 0 Å². The third kappa shape index (κ3) is 3.06. The number of aromatic nitrogens is 1. The van der Waals surface area contributed by atoms with Crippen LogP contribution in [0.4, 0.5) is 11.5 Å². The average molecular weight is 277 g/mol. The van der Waals surface area contributed by atoms with E-state index in [2.05, 4.69) is 26.1 Å². The van der Waals surface area contributed by atoms with Crippen molar-refractivity contribution in [3.8, 4) is 0 Å². The lowest BCUT2D eigenvalue weighted by Crippen LogP contribution is -2.39. The van der Waals surface area contributed by atoms with Crippen molar-refractivity contribution in [2.75, 3.05) is 43.1 Å². The van der Waals surface area contributed by atoms with Crippen molar-refractivity contribution in [2.24, 2.45) is 0 Å². The molecule has 0 aromatic carbocycles. The van der Waals surface area contributed by atoms with E-state index in [9.17, 15) is 4.79 Å². The summed E-state index contributed by atoms with van der Waals surface area (Å²) >= 11 is 0. The third-order valence-electron chi connectivity index (χ3n) is 3.50. The van der Waals surface area contributed by atoms with Gasteiger partial charge in [-0.05, 0) is 18.6 Å². The molecule has 3 heterocycles. The van der Waals surface area contributed by atoms with Gasteiger partial charge in [-0.15, -0.1) is 0 Å². The van der Waals surface area contributed by atoms with Crippen molar-refractivity contribution < 1.29 is 9.53 Å². The van der Waals surface area contributed by atoms with Gasteiger partial charge in [-0.25, -0.2) is 10.4 Å². The number of carbonyl (C=O) groups is 1. The molecule has 3 rings (SSSR count). The van der Waals surface area contributed by atoms with Crippen molar-refractivity contribution in [3.05, 3.63) is 18.3 Å². The Morgan fingerprint density at radius 1 is 1.40 bits per heavy atom. The quantitative estimate of drug-likeness (QED) is 0.705. The van der Waals surface area contributed by atoms with Crippen LogP contribution < -0.4 is 21.1 Å². The molecular weight excluding hydrogens is 258 g/mol. The summed E-state index contributed by atoms with van der Waals surface area (Å²) in [5, 5.41) is 2.87. The van der Waals surface area contributed by atoms with E-state index in [0.717, 1.165) is 50.8 Å². The van der Waals surface area contributed by atoms with Gasteiger partial charge < -0.3 is 15.0 Å². The van der Waals surface area contributed by atoms with Crippen molar-refractivity contribution in [2.45, 2.75) is 12.5 Å². The number of hydrogen-bond acceptors (Lipinski definition) is 6. The third-order valence-corrected chi connectivity index (χ3v) is 3.50. The van der Waals surface area contributed by atoms with Crippen LogP contribution in [0.25, 0.3) is 0 Å². The number of amides is 1. The molecule has 7 heteroatoms. The first-order valence-electron chi connectivity index (χ1n) is 6.91. The van der Waals surface area contributed by atoms with Crippen molar-refractivity contribution in [1.82, 2.24) is 15.8 Å². The number of nitrogens with zero attached hydrogens (tertiary/aromatic N) is 2. The first kappa shape index (κ1) is 13.3. The monoisotopic (exact) mass is 277 g/mol. The minimum absolute atomic E-state index is 0.0316. The van der Waals surface area contributed by atoms with Crippen molar-refractivity contribution in [1.29, 1.82) is 0 Å².